The summed E-state index contributed by atoms with van der Waals surface area (Å²) in [7, 11) is 0. The van der Waals surface area contributed by atoms with Crippen LogP contribution in [0.4, 0.5) is 0 Å². The lowest BCUT2D eigenvalue weighted by atomic mass is 10.3. The fourth-order valence-corrected chi connectivity index (χ4v) is 2.12. The van der Waals surface area contributed by atoms with Gasteiger partial charge in [0.25, 0.3) is 0 Å². The van der Waals surface area contributed by atoms with Crippen LogP contribution in [0.5, 0.6) is 0 Å². The van der Waals surface area contributed by atoms with Gasteiger partial charge in [0, 0.05) is 0 Å². The maximum absolute atomic E-state index is 10.5. The van der Waals surface area contributed by atoms with Gasteiger partial charge in [-0.25, -0.2) is 4.98 Å². The monoisotopic (exact) mass is 268 g/mol. The summed E-state index contributed by atoms with van der Waals surface area (Å²) in [6, 6.07) is -0.176. The number of hydrogen-bond acceptors (Lipinski definition) is 6. The average molecular weight is 268 g/mol. The topological polar surface area (TPSA) is 94.0 Å². The first-order chi connectivity index (χ1) is 8.58. The number of aliphatic carboxylic acids is 1. The number of rotatable bonds is 5. The summed E-state index contributed by atoms with van der Waals surface area (Å²) >= 11 is 1.11. The molecule has 7 nitrogen and oxygen atoms in total. The standard InChI is InChI=1S/C10H12N4O3S/c1-6-3-11-9(17-6)7(2)14-5-12-13-10(14)18-4-8(15)16/h3,5,7H,4H2,1-2H3,(H,15,16). The van der Waals surface area contributed by atoms with Gasteiger partial charge in [-0.15, -0.1) is 10.2 Å². The number of carbonyl (C=O) groups is 1. The molecule has 1 atom stereocenters. The van der Waals surface area contributed by atoms with Crippen molar-refractivity contribution in [1.29, 1.82) is 0 Å². The molecule has 1 unspecified atom stereocenters. The van der Waals surface area contributed by atoms with Crippen LogP contribution in [0.15, 0.2) is 22.1 Å². The van der Waals surface area contributed by atoms with Crippen LogP contribution in [0.25, 0.3) is 0 Å². The molecule has 0 saturated heterocycles. The lowest BCUT2D eigenvalue weighted by molar-refractivity contribution is -0.133. The Balaban J connectivity index is 2.17. The molecule has 0 saturated carbocycles. The second-order valence-electron chi connectivity index (χ2n) is 3.69. The molecule has 2 aromatic heterocycles. The molecule has 0 aliphatic rings. The number of carboxylic acid groups (broad SMARTS) is 1. The quantitative estimate of drug-likeness (QED) is 0.818. The third kappa shape index (κ3) is 2.70. The van der Waals surface area contributed by atoms with Gasteiger partial charge < -0.3 is 9.52 Å². The maximum Gasteiger partial charge on any atom is 0.313 e. The smallest absolute Gasteiger partial charge is 0.313 e. The van der Waals surface area contributed by atoms with Crippen LogP contribution in [0.2, 0.25) is 0 Å². The molecule has 0 bridgehead atoms. The number of aryl methyl sites for hydroxylation is 1. The molecule has 96 valence electrons. The van der Waals surface area contributed by atoms with Crippen molar-refractivity contribution >= 4 is 17.7 Å². The molecule has 2 heterocycles. The highest BCUT2D eigenvalue weighted by Crippen LogP contribution is 2.23. The molecule has 0 aliphatic heterocycles. The van der Waals surface area contributed by atoms with Gasteiger partial charge in [0.2, 0.25) is 5.89 Å². The van der Waals surface area contributed by atoms with Crippen LogP contribution in [-0.2, 0) is 4.79 Å². The van der Waals surface area contributed by atoms with Crippen LogP contribution in [0, 0.1) is 6.92 Å². The van der Waals surface area contributed by atoms with E-state index in [1.54, 1.807) is 10.8 Å². The zero-order chi connectivity index (χ0) is 13.1. The molecule has 2 aromatic rings. The van der Waals surface area contributed by atoms with Crippen molar-refractivity contribution in [2.45, 2.75) is 25.0 Å². The molecule has 8 heteroatoms. The summed E-state index contributed by atoms with van der Waals surface area (Å²) in [6.45, 7) is 3.70. The summed E-state index contributed by atoms with van der Waals surface area (Å²) in [4.78, 5) is 14.7. The molecule has 0 amide bonds. The summed E-state index contributed by atoms with van der Waals surface area (Å²) in [5.41, 5.74) is 0. The number of aromatic nitrogens is 4. The molecular weight excluding hydrogens is 256 g/mol. The van der Waals surface area contributed by atoms with E-state index in [0.717, 1.165) is 17.5 Å². The Labute approximate surface area is 107 Å². The predicted molar refractivity (Wildman–Crippen MR) is 63.4 cm³/mol. The number of carboxylic acids is 1. The number of nitrogens with zero attached hydrogens (tertiary/aromatic N) is 4. The van der Waals surface area contributed by atoms with E-state index in [1.807, 2.05) is 13.8 Å². The Morgan fingerprint density at radius 1 is 1.67 bits per heavy atom. The van der Waals surface area contributed by atoms with Gasteiger partial charge >= 0.3 is 5.97 Å². The normalized spacial score (nSPS) is 12.6. The zero-order valence-corrected chi connectivity index (χ0v) is 10.7. The van der Waals surface area contributed by atoms with Crippen molar-refractivity contribution in [3.05, 3.63) is 24.2 Å². The van der Waals surface area contributed by atoms with E-state index in [-0.39, 0.29) is 11.8 Å². The van der Waals surface area contributed by atoms with E-state index in [0.29, 0.717) is 11.0 Å². The lowest BCUT2D eigenvalue weighted by Crippen LogP contribution is -2.08. The third-order valence-electron chi connectivity index (χ3n) is 2.28. The molecular formula is C10H12N4O3S. The average Bonchev–Trinajstić information content (AvgIpc) is 2.93. The molecule has 2 rings (SSSR count). The summed E-state index contributed by atoms with van der Waals surface area (Å²) < 4.78 is 7.17. The van der Waals surface area contributed by atoms with Crippen LogP contribution in [0.1, 0.15) is 24.6 Å². The number of oxazole rings is 1. The number of thioether (sulfide) groups is 1. The highest BCUT2D eigenvalue weighted by Gasteiger charge is 2.18. The first kappa shape index (κ1) is 12.6. The molecule has 0 aliphatic carbocycles. The van der Waals surface area contributed by atoms with E-state index in [4.69, 9.17) is 9.52 Å². The van der Waals surface area contributed by atoms with E-state index in [2.05, 4.69) is 15.2 Å². The van der Waals surface area contributed by atoms with E-state index in [9.17, 15) is 4.79 Å². The van der Waals surface area contributed by atoms with Gasteiger partial charge in [0.05, 0.1) is 11.9 Å². The molecule has 0 fully saturated rings. The fraction of sp³-hybridized carbons (Fsp3) is 0.400. The summed E-state index contributed by atoms with van der Waals surface area (Å²) in [5.74, 6) is 0.319. The molecule has 0 aromatic carbocycles. The maximum atomic E-state index is 10.5. The second-order valence-corrected chi connectivity index (χ2v) is 4.63. The first-order valence-corrected chi connectivity index (χ1v) is 6.23. The van der Waals surface area contributed by atoms with Crippen molar-refractivity contribution in [1.82, 2.24) is 19.7 Å². The second kappa shape index (κ2) is 5.21. The largest absolute Gasteiger partial charge is 0.481 e. The van der Waals surface area contributed by atoms with Crippen molar-refractivity contribution in [2.75, 3.05) is 5.75 Å². The van der Waals surface area contributed by atoms with Gasteiger partial charge in [-0.05, 0) is 13.8 Å². The van der Waals surface area contributed by atoms with Crippen molar-refractivity contribution in [3.8, 4) is 0 Å². The van der Waals surface area contributed by atoms with E-state index < -0.39 is 5.97 Å². The third-order valence-corrected chi connectivity index (χ3v) is 3.22. The van der Waals surface area contributed by atoms with Crippen LogP contribution in [-0.4, -0.2) is 36.6 Å². The SMILES string of the molecule is Cc1cnc(C(C)n2cnnc2SCC(=O)O)o1. The van der Waals surface area contributed by atoms with Gasteiger partial charge in [0.1, 0.15) is 18.1 Å². The minimum absolute atomic E-state index is 0.0595. The fourth-order valence-electron chi connectivity index (χ4n) is 1.41. The molecule has 0 spiro atoms. The van der Waals surface area contributed by atoms with Gasteiger partial charge in [-0.3, -0.25) is 9.36 Å². The molecule has 0 radical (unpaired) electrons. The minimum Gasteiger partial charge on any atom is -0.481 e. The minimum atomic E-state index is -0.894. The van der Waals surface area contributed by atoms with E-state index in [1.165, 1.54) is 6.33 Å². The first-order valence-electron chi connectivity index (χ1n) is 5.24. The van der Waals surface area contributed by atoms with Crippen molar-refractivity contribution < 1.29 is 14.3 Å². The van der Waals surface area contributed by atoms with Gasteiger partial charge in [0.15, 0.2) is 5.16 Å². The Morgan fingerprint density at radius 2 is 2.44 bits per heavy atom. The van der Waals surface area contributed by atoms with Gasteiger partial charge in [-0.1, -0.05) is 11.8 Å². The van der Waals surface area contributed by atoms with Crippen molar-refractivity contribution in [3.63, 3.8) is 0 Å². The highest BCUT2D eigenvalue weighted by atomic mass is 32.2. The van der Waals surface area contributed by atoms with E-state index >= 15 is 0 Å². The Bertz CT molecular complexity index is 551. The molecule has 1 N–H and O–H groups in total. The molecule has 18 heavy (non-hydrogen) atoms. The Morgan fingerprint density at radius 3 is 3.06 bits per heavy atom. The lowest BCUT2D eigenvalue weighted by Gasteiger charge is -2.10. The summed E-state index contributed by atoms with van der Waals surface area (Å²) in [5, 5.41) is 16.8. The summed E-state index contributed by atoms with van der Waals surface area (Å²) in [6.07, 6.45) is 3.18. The van der Waals surface area contributed by atoms with Crippen LogP contribution >= 0.6 is 11.8 Å². The van der Waals surface area contributed by atoms with Crippen molar-refractivity contribution in [2.24, 2.45) is 0 Å². The predicted octanol–water partition coefficient (Wildman–Crippen LogP) is 1.36. The Hall–Kier alpha value is -1.83. The highest BCUT2D eigenvalue weighted by molar-refractivity contribution is 7.99. The van der Waals surface area contributed by atoms with Crippen LogP contribution in [0.3, 0.4) is 0 Å². The number of hydrogen-bond donors (Lipinski definition) is 1. The van der Waals surface area contributed by atoms with Gasteiger partial charge in [-0.2, -0.15) is 0 Å². The Kier molecular flexibility index (Phi) is 3.66. The zero-order valence-electron chi connectivity index (χ0n) is 9.90. The van der Waals surface area contributed by atoms with Crippen LogP contribution < -0.4 is 0 Å².